The SMILES string of the molecule is C/C=C/COc1nc(CNCCC)co1. The van der Waals surface area contributed by atoms with Crippen molar-refractivity contribution in [1.82, 2.24) is 10.3 Å². The van der Waals surface area contributed by atoms with E-state index in [-0.39, 0.29) is 0 Å². The van der Waals surface area contributed by atoms with Crippen LogP contribution in [-0.4, -0.2) is 18.1 Å². The van der Waals surface area contributed by atoms with Gasteiger partial charge in [-0.2, -0.15) is 4.98 Å². The molecule has 0 saturated heterocycles. The topological polar surface area (TPSA) is 47.3 Å². The van der Waals surface area contributed by atoms with E-state index in [0.717, 1.165) is 25.2 Å². The molecule has 0 aromatic carbocycles. The normalized spacial score (nSPS) is 11.1. The average Bonchev–Trinajstić information content (AvgIpc) is 2.67. The Morgan fingerprint density at radius 3 is 3.20 bits per heavy atom. The summed E-state index contributed by atoms with van der Waals surface area (Å²) in [4.78, 5) is 4.17. The van der Waals surface area contributed by atoms with Crippen LogP contribution in [-0.2, 0) is 6.54 Å². The smallest absolute Gasteiger partial charge is 0.394 e. The second kappa shape index (κ2) is 7.06. The Morgan fingerprint density at radius 2 is 2.47 bits per heavy atom. The van der Waals surface area contributed by atoms with Crippen molar-refractivity contribution in [2.45, 2.75) is 26.8 Å². The highest BCUT2D eigenvalue weighted by Crippen LogP contribution is 2.09. The van der Waals surface area contributed by atoms with Gasteiger partial charge in [-0.1, -0.05) is 19.1 Å². The Balaban J connectivity index is 2.28. The maximum atomic E-state index is 5.24. The second-order valence-electron chi connectivity index (χ2n) is 3.16. The minimum Gasteiger partial charge on any atom is -0.446 e. The molecule has 4 heteroatoms. The third-order valence-electron chi connectivity index (χ3n) is 1.80. The molecule has 0 unspecified atom stereocenters. The monoisotopic (exact) mass is 210 g/mol. The van der Waals surface area contributed by atoms with Crippen molar-refractivity contribution < 1.29 is 9.15 Å². The molecule has 0 saturated carbocycles. The molecule has 15 heavy (non-hydrogen) atoms. The molecule has 1 heterocycles. The zero-order valence-electron chi connectivity index (χ0n) is 9.32. The zero-order chi connectivity index (χ0) is 10.9. The zero-order valence-corrected chi connectivity index (χ0v) is 9.32. The van der Waals surface area contributed by atoms with Crippen LogP contribution in [0.5, 0.6) is 6.08 Å². The summed E-state index contributed by atoms with van der Waals surface area (Å²) in [6.45, 7) is 6.28. The van der Waals surface area contributed by atoms with Crippen molar-refractivity contribution in [2.24, 2.45) is 0 Å². The molecule has 0 bridgehead atoms. The third-order valence-corrected chi connectivity index (χ3v) is 1.80. The van der Waals surface area contributed by atoms with Gasteiger partial charge >= 0.3 is 6.08 Å². The van der Waals surface area contributed by atoms with Crippen LogP contribution in [0.15, 0.2) is 22.8 Å². The summed E-state index contributed by atoms with van der Waals surface area (Å²) in [5.41, 5.74) is 0.874. The fourth-order valence-electron chi connectivity index (χ4n) is 1.04. The molecule has 1 rings (SSSR count). The summed E-state index contributed by atoms with van der Waals surface area (Å²) >= 11 is 0. The first-order chi connectivity index (χ1) is 7.36. The molecule has 4 nitrogen and oxygen atoms in total. The van der Waals surface area contributed by atoms with Crippen molar-refractivity contribution in [3.8, 4) is 6.08 Å². The van der Waals surface area contributed by atoms with Gasteiger partial charge in [0.15, 0.2) is 0 Å². The number of nitrogens with one attached hydrogen (secondary N) is 1. The molecule has 0 spiro atoms. The van der Waals surface area contributed by atoms with Gasteiger partial charge in [-0.25, -0.2) is 0 Å². The minimum absolute atomic E-state index is 0.335. The number of hydrogen-bond acceptors (Lipinski definition) is 4. The van der Waals surface area contributed by atoms with Crippen molar-refractivity contribution >= 4 is 0 Å². The van der Waals surface area contributed by atoms with Gasteiger partial charge < -0.3 is 14.5 Å². The molecule has 0 amide bonds. The molecule has 84 valence electrons. The van der Waals surface area contributed by atoms with Crippen molar-refractivity contribution in [3.05, 3.63) is 24.1 Å². The Kier molecular flexibility index (Phi) is 5.55. The number of aromatic nitrogens is 1. The highest BCUT2D eigenvalue weighted by Gasteiger charge is 2.02. The van der Waals surface area contributed by atoms with E-state index in [1.165, 1.54) is 0 Å². The molecule has 0 radical (unpaired) electrons. The summed E-state index contributed by atoms with van der Waals surface area (Å²) in [6.07, 6.45) is 6.89. The quantitative estimate of drug-likeness (QED) is 0.553. The molecular weight excluding hydrogens is 192 g/mol. The molecule has 0 aliphatic heterocycles. The van der Waals surface area contributed by atoms with Crippen LogP contribution in [0.1, 0.15) is 26.0 Å². The summed E-state index contributed by atoms with van der Waals surface area (Å²) in [7, 11) is 0. The fourth-order valence-corrected chi connectivity index (χ4v) is 1.04. The van der Waals surface area contributed by atoms with Gasteiger partial charge in [0.25, 0.3) is 0 Å². The predicted octanol–water partition coefficient (Wildman–Crippen LogP) is 2.13. The minimum atomic E-state index is 0.335. The highest BCUT2D eigenvalue weighted by atomic mass is 16.6. The standard InChI is InChI=1S/C11H18N2O2/c1-3-5-7-14-11-13-10(9-15-11)8-12-6-4-2/h3,5,9,12H,4,6-8H2,1-2H3/b5-3+. The van der Waals surface area contributed by atoms with Gasteiger partial charge in [0, 0.05) is 6.54 Å². The van der Waals surface area contributed by atoms with E-state index in [1.54, 1.807) is 6.26 Å². The average molecular weight is 210 g/mol. The fraction of sp³-hybridized carbons (Fsp3) is 0.545. The maximum absolute atomic E-state index is 5.24. The van der Waals surface area contributed by atoms with Crippen LogP contribution in [0.2, 0.25) is 0 Å². The molecule has 0 aliphatic rings. The maximum Gasteiger partial charge on any atom is 0.394 e. The Labute approximate surface area is 90.3 Å². The number of oxazole rings is 1. The largest absolute Gasteiger partial charge is 0.446 e. The summed E-state index contributed by atoms with van der Waals surface area (Å²) in [5, 5.41) is 3.24. The van der Waals surface area contributed by atoms with Gasteiger partial charge in [-0.3, -0.25) is 0 Å². The number of hydrogen-bond donors (Lipinski definition) is 1. The lowest BCUT2D eigenvalue weighted by atomic mass is 10.4. The van der Waals surface area contributed by atoms with Crippen LogP contribution < -0.4 is 10.1 Å². The van der Waals surface area contributed by atoms with Crippen LogP contribution in [0, 0.1) is 0 Å². The van der Waals surface area contributed by atoms with Crippen molar-refractivity contribution in [2.75, 3.05) is 13.2 Å². The molecule has 1 aromatic heterocycles. The number of allylic oxidation sites excluding steroid dienone is 1. The van der Waals surface area contributed by atoms with E-state index < -0.39 is 0 Å². The highest BCUT2D eigenvalue weighted by molar-refractivity contribution is 4.99. The predicted molar refractivity (Wildman–Crippen MR) is 58.8 cm³/mol. The molecule has 0 fully saturated rings. The summed E-state index contributed by atoms with van der Waals surface area (Å²) in [6, 6.07) is 0. The third kappa shape index (κ3) is 4.65. The van der Waals surface area contributed by atoms with Gasteiger partial charge in [0.2, 0.25) is 0 Å². The lowest BCUT2D eigenvalue weighted by Crippen LogP contribution is -2.13. The van der Waals surface area contributed by atoms with E-state index in [4.69, 9.17) is 9.15 Å². The Morgan fingerprint density at radius 1 is 1.60 bits per heavy atom. The Hall–Kier alpha value is -1.29. The van der Waals surface area contributed by atoms with E-state index in [9.17, 15) is 0 Å². The van der Waals surface area contributed by atoms with Gasteiger partial charge in [-0.05, 0) is 19.9 Å². The number of ether oxygens (including phenoxy) is 1. The molecule has 1 aromatic rings. The van der Waals surface area contributed by atoms with Gasteiger partial charge in [0.1, 0.15) is 12.9 Å². The van der Waals surface area contributed by atoms with Gasteiger partial charge in [0.05, 0.1) is 5.69 Å². The van der Waals surface area contributed by atoms with E-state index in [2.05, 4.69) is 17.2 Å². The van der Waals surface area contributed by atoms with Crippen LogP contribution in [0.3, 0.4) is 0 Å². The first kappa shape index (κ1) is 11.8. The van der Waals surface area contributed by atoms with Crippen LogP contribution in [0.25, 0.3) is 0 Å². The van der Waals surface area contributed by atoms with Gasteiger partial charge in [-0.15, -0.1) is 0 Å². The lowest BCUT2D eigenvalue weighted by Gasteiger charge is -1.97. The lowest BCUT2D eigenvalue weighted by molar-refractivity contribution is 0.258. The summed E-state index contributed by atoms with van der Waals surface area (Å²) < 4.78 is 10.4. The molecule has 0 atom stereocenters. The summed E-state index contributed by atoms with van der Waals surface area (Å²) in [5.74, 6) is 0. The van der Waals surface area contributed by atoms with Crippen molar-refractivity contribution in [3.63, 3.8) is 0 Å². The van der Waals surface area contributed by atoms with E-state index >= 15 is 0 Å². The van der Waals surface area contributed by atoms with E-state index in [1.807, 2.05) is 19.1 Å². The van der Waals surface area contributed by atoms with Crippen LogP contribution >= 0.6 is 0 Å². The van der Waals surface area contributed by atoms with Crippen molar-refractivity contribution in [1.29, 1.82) is 0 Å². The first-order valence-corrected chi connectivity index (χ1v) is 5.26. The molecule has 1 N–H and O–H groups in total. The number of nitrogens with zero attached hydrogens (tertiary/aromatic N) is 1. The Bertz CT molecular complexity index is 295. The first-order valence-electron chi connectivity index (χ1n) is 5.26. The second-order valence-corrected chi connectivity index (χ2v) is 3.16. The van der Waals surface area contributed by atoms with Crippen LogP contribution in [0.4, 0.5) is 0 Å². The molecule has 0 aliphatic carbocycles. The van der Waals surface area contributed by atoms with E-state index in [0.29, 0.717) is 12.7 Å². The molecular formula is C11H18N2O2. The number of rotatable bonds is 7.